The minimum atomic E-state index is -0.407. The Morgan fingerprint density at radius 1 is 1.36 bits per heavy atom. The molecule has 2 aromatic rings. The summed E-state index contributed by atoms with van der Waals surface area (Å²) in [7, 11) is 1.32. The quantitative estimate of drug-likeness (QED) is 0.506. The standard InChI is InChI=1S/C14H14N4O3S/c1-8-11(22-14(15)17-8)12(19)18-16-7-9-3-5-10(6-4-9)13(20)21-2/h3-7H,1-2H3,(H2,15,17)(H,18,19). The van der Waals surface area contributed by atoms with Crippen LogP contribution in [0.5, 0.6) is 0 Å². The molecule has 0 saturated heterocycles. The van der Waals surface area contributed by atoms with Crippen molar-refractivity contribution in [1.82, 2.24) is 10.4 Å². The molecule has 114 valence electrons. The highest BCUT2D eigenvalue weighted by Gasteiger charge is 2.13. The summed E-state index contributed by atoms with van der Waals surface area (Å²) >= 11 is 1.11. The zero-order chi connectivity index (χ0) is 16.1. The number of thiazole rings is 1. The van der Waals surface area contributed by atoms with Gasteiger partial charge in [0.1, 0.15) is 4.88 Å². The summed E-state index contributed by atoms with van der Waals surface area (Å²) < 4.78 is 4.61. The smallest absolute Gasteiger partial charge is 0.337 e. The molecule has 8 heteroatoms. The third-order valence-corrected chi connectivity index (χ3v) is 3.72. The lowest BCUT2D eigenvalue weighted by Gasteiger charge is -1.99. The average Bonchev–Trinajstić information content (AvgIpc) is 2.86. The number of ether oxygens (including phenoxy) is 1. The van der Waals surface area contributed by atoms with Crippen LogP contribution in [0.4, 0.5) is 5.13 Å². The Bertz CT molecular complexity index is 722. The summed E-state index contributed by atoms with van der Waals surface area (Å²) in [5.41, 5.74) is 9.68. The number of aromatic nitrogens is 1. The normalized spacial score (nSPS) is 10.6. The molecular weight excluding hydrogens is 304 g/mol. The summed E-state index contributed by atoms with van der Waals surface area (Å²) in [6.07, 6.45) is 1.47. The number of amides is 1. The Morgan fingerprint density at radius 3 is 2.59 bits per heavy atom. The number of nitrogens with zero attached hydrogens (tertiary/aromatic N) is 2. The number of nitrogens with two attached hydrogens (primary N) is 1. The highest BCUT2D eigenvalue weighted by molar-refractivity contribution is 7.17. The van der Waals surface area contributed by atoms with Crippen LogP contribution in [-0.4, -0.2) is 30.2 Å². The number of hydrogen-bond acceptors (Lipinski definition) is 7. The van der Waals surface area contributed by atoms with Crippen molar-refractivity contribution in [2.75, 3.05) is 12.8 Å². The lowest BCUT2D eigenvalue weighted by Crippen LogP contribution is -2.17. The molecule has 1 heterocycles. The van der Waals surface area contributed by atoms with Crippen LogP contribution < -0.4 is 11.2 Å². The molecule has 0 atom stereocenters. The van der Waals surface area contributed by atoms with Crippen LogP contribution in [0.2, 0.25) is 0 Å². The number of esters is 1. The fourth-order valence-corrected chi connectivity index (χ4v) is 2.39. The van der Waals surface area contributed by atoms with Crippen LogP contribution in [0.1, 0.15) is 31.3 Å². The number of nitrogen functional groups attached to an aromatic ring is 1. The minimum Gasteiger partial charge on any atom is -0.465 e. The average molecular weight is 318 g/mol. The summed E-state index contributed by atoms with van der Waals surface area (Å²) in [6, 6.07) is 6.61. The Hall–Kier alpha value is -2.74. The molecule has 1 amide bonds. The van der Waals surface area contributed by atoms with Crippen molar-refractivity contribution >= 4 is 34.6 Å². The summed E-state index contributed by atoms with van der Waals surface area (Å²) in [4.78, 5) is 27.6. The predicted molar refractivity (Wildman–Crippen MR) is 84.1 cm³/mol. The number of carbonyl (C=O) groups excluding carboxylic acids is 2. The zero-order valence-corrected chi connectivity index (χ0v) is 12.8. The highest BCUT2D eigenvalue weighted by atomic mass is 32.1. The van der Waals surface area contributed by atoms with Gasteiger partial charge >= 0.3 is 5.97 Å². The van der Waals surface area contributed by atoms with E-state index in [0.29, 0.717) is 21.3 Å². The molecule has 0 spiro atoms. The predicted octanol–water partition coefficient (Wildman–Crippen LogP) is 1.58. The molecule has 0 aliphatic rings. The molecule has 1 aromatic heterocycles. The fourth-order valence-electron chi connectivity index (χ4n) is 1.67. The van der Waals surface area contributed by atoms with Crippen molar-refractivity contribution in [3.8, 4) is 0 Å². The van der Waals surface area contributed by atoms with Gasteiger partial charge in [-0.25, -0.2) is 15.2 Å². The summed E-state index contributed by atoms with van der Waals surface area (Å²) in [6.45, 7) is 1.71. The first-order valence-corrected chi connectivity index (χ1v) is 7.07. The molecule has 0 radical (unpaired) electrons. The van der Waals surface area contributed by atoms with Gasteiger partial charge in [0.25, 0.3) is 5.91 Å². The molecule has 0 aliphatic carbocycles. The van der Waals surface area contributed by atoms with Gasteiger partial charge in [0.15, 0.2) is 5.13 Å². The van der Waals surface area contributed by atoms with E-state index in [1.807, 2.05) is 0 Å². The van der Waals surface area contributed by atoms with E-state index < -0.39 is 5.97 Å². The monoisotopic (exact) mass is 318 g/mol. The fraction of sp³-hybridized carbons (Fsp3) is 0.143. The van der Waals surface area contributed by atoms with Gasteiger partial charge in [0, 0.05) is 0 Å². The minimum absolute atomic E-state index is 0.338. The first-order chi connectivity index (χ1) is 10.5. The lowest BCUT2D eigenvalue weighted by atomic mass is 10.1. The summed E-state index contributed by atoms with van der Waals surface area (Å²) in [5.74, 6) is -0.774. The van der Waals surface area contributed by atoms with Crippen LogP contribution >= 0.6 is 11.3 Å². The molecule has 0 aliphatic heterocycles. The Morgan fingerprint density at radius 2 is 2.05 bits per heavy atom. The third-order valence-electron chi connectivity index (χ3n) is 2.73. The van der Waals surface area contributed by atoms with Crippen molar-refractivity contribution in [1.29, 1.82) is 0 Å². The van der Waals surface area contributed by atoms with E-state index >= 15 is 0 Å². The molecule has 0 saturated carbocycles. The molecule has 0 fully saturated rings. The zero-order valence-electron chi connectivity index (χ0n) is 12.0. The second-order valence-electron chi connectivity index (χ2n) is 4.28. The van der Waals surface area contributed by atoms with Crippen LogP contribution in [0.3, 0.4) is 0 Å². The van der Waals surface area contributed by atoms with Crippen LogP contribution in [-0.2, 0) is 4.74 Å². The van der Waals surface area contributed by atoms with Crippen molar-refractivity contribution in [2.24, 2.45) is 5.10 Å². The maximum absolute atomic E-state index is 11.9. The van der Waals surface area contributed by atoms with Crippen molar-refractivity contribution in [2.45, 2.75) is 6.92 Å². The Kier molecular flexibility index (Phi) is 4.84. The van der Waals surface area contributed by atoms with Crippen molar-refractivity contribution in [3.05, 3.63) is 46.0 Å². The van der Waals surface area contributed by atoms with E-state index in [1.165, 1.54) is 13.3 Å². The van der Waals surface area contributed by atoms with E-state index in [9.17, 15) is 9.59 Å². The molecule has 0 bridgehead atoms. The number of benzene rings is 1. The van der Waals surface area contributed by atoms with Gasteiger partial charge in [0.2, 0.25) is 0 Å². The second-order valence-corrected chi connectivity index (χ2v) is 5.31. The number of methoxy groups -OCH3 is 1. The third kappa shape index (κ3) is 3.67. The highest BCUT2D eigenvalue weighted by Crippen LogP contribution is 2.19. The van der Waals surface area contributed by atoms with E-state index in [-0.39, 0.29) is 5.91 Å². The van der Waals surface area contributed by atoms with Crippen molar-refractivity contribution < 1.29 is 14.3 Å². The number of aryl methyl sites for hydroxylation is 1. The van der Waals surface area contributed by atoms with E-state index in [2.05, 4.69) is 20.2 Å². The van der Waals surface area contributed by atoms with Crippen molar-refractivity contribution in [3.63, 3.8) is 0 Å². The maximum Gasteiger partial charge on any atom is 0.337 e. The van der Waals surface area contributed by atoms with E-state index in [4.69, 9.17) is 5.73 Å². The van der Waals surface area contributed by atoms with Gasteiger partial charge in [-0.2, -0.15) is 5.10 Å². The number of nitrogens with one attached hydrogen (secondary N) is 1. The molecular formula is C14H14N4O3S. The number of rotatable bonds is 4. The SMILES string of the molecule is COC(=O)c1ccc(C=NNC(=O)c2sc(N)nc2C)cc1. The van der Waals surface area contributed by atoms with E-state index in [0.717, 1.165) is 16.9 Å². The molecule has 7 nitrogen and oxygen atoms in total. The number of anilines is 1. The van der Waals surface area contributed by atoms with Gasteiger partial charge < -0.3 is 10.5 Å². The lowest BCUT2D eigenvalue weighted by molar-refractivity contribution is 0.0600. The molecule has 1 aromatic carbocycles. The number of carbonyl (C=O) groups is 2. The Balaban J connectivity index is 1.99. The first kappa shape index (κ1) is 15.6. The number of hydrazone groups is 1. The first-order valence-electron chi connectivity index (χ1n) is 6.26. The number of hydrogen-bond donors (Lipinski definition) is 2. The Labute approximate surface area is 130 Å². The van der Waals surface area contributed by atoms with Gasteiger partial charge in [0.05, 0.1) is 24.6 Å². The summed E-state index contributed by atoms with van der Waals surface area (Å²) in [5, 5.41) is 4.20. The van der Waals surface area contributed by atoms with Crippen LogP contribution in [0, 0.1) is 6.92 Å². The maximum atomic E-state index is 11.9. The molecule has 3 N–H and O–H groups in total. The van der Waals surface area contributed by atoms with E-state index in [1.54, 1.807) is 31.2 Å². The molecule has 0 unspecified atom stereocenters. The van der Waals surface area contributed by atoms with Gasteiger partial charge in [-0.1, -0.05) is 23.5 Å². The topological polar surface area (TPSA) is 107 Å². The van der Waals surface area contributed by atoms with Crippen LogP contribution in [0.15, 0.2) is 29.4 Å². The molecule has 22 heavy (non-hydrogen) atoms. The molecule has 2 rings (SSSR count). The van der Waals surface area contributed by atoms with Gasteiger partial charge in [-0.15, -0.1) is 0 Å². The van der Waals surface area contributed by atoms with Crippen LogP contribution in [0.25, 0.3) is 0 Å². The van der Waals surface area contributed by atoms with Gasteiger partial charge in [-0.3, -0.25) is 4.79 Å². The second kappa shape index (κ2) is 6.81. The largest absolute Gasteiger partial charge is 0.465 e. The van der Waals surface area contributed by atoms with Gasteiger partial charge in [-0.05, 0) is 24.6 Å².